The number of carbonyl (C=O) groups excluding carboxylic acids is 2. The van der Waals surface area contributed by atoms with E-state index in [2.05, 4.69) is 26.6 Å². The van der Waals surface area contributed by atoms with Crippen LogP contribution in [0.3, 0.4) is 0 Å². The fraction of sp³-hybridized carbons (Fsp3) is 0.111. The molecule has 0 aliphatic carbocycles. The lowest BCUT2D eigenvalue weighted by molar-refractivity contribution is 0.0527. The second-order valence-corrected chi connectivity index (χ2v) is 5.67. The standard InChI is InChI=1S/C18H17BrN2O3/c1-2-24-17(22)15-8-3-4-9-16(15)21-18(23)20-11-10-13-6-5-7-14(19)12-13/h3-12H,2H2,1H3,(H2,20,21,23)/b11-10+. The molecule has 6 heteroatoms. The van der Waals surface area contributed by atoms with Crippen LogP contribution in [0.15, 0.2) is 59.2 Å². The highest BCUT2D eigenvalue weighted by Crippen LogP contribution is 2.16. The van der Waals surface area contributed by atoms with Crippen molar-refractivity contribution in [1.82, 2.24) is 5.32 Å². The first-order valence-electron chi connectivity index (χ1n) is 7.36. The molecule has 0 aromatic heterocycles. The van der Waals surface area contributed by atoms with Gasteiger partial charge in [-0.05, 0) is 42.8 Å². The molecule has 2 N–H and O–H groups in total. The van der Waals surface area contributed by atoms with Gasteiger partial charge in [0.2, 0.25) is 0 Å². The number of hydrogen-bond acceptors (Lipinski definition) is 3. The van der Waals surface area contributed by atoms with Crippen molar-refractivity contribution < 1.29 is 14.3 Å². The minimum Gasteiger partial charge on any atom is -0.462 e. The van der Waals surface area contributed by atoms with Crippen LogP contribution < -0.4 is 10.6 Å². The van der Waals surface area contributed by atoms with Crippen molar-refractivity contribution >= 4 is 39.7 Å². The first kappa shape index (κ1) is 17.7. The zero-order valence-electron chi connectivity index (χ0n) is 13.1. The van der Waals surface area contributed by atoms with Gasteiger partial charge < -0.3 is 15.4 Å². The van der Waals surface area contributed by atoms with Crippen LogP contribution >= 0.6 is 15.9 Å². The molecule has 0 aliphatic heterocycles. The number of nitrogens with one attached hydrogen (secondary N) is 2. The van der Waals surface area contributed by atoms with E-state index in [-0.39, 0.29) is 6.61 Å². The number of carbonyl (C=O) groups is 2. The van der Waals surface area contributed by atoms with Gasteiger partial charge in [0.1, 0.15) is 0 Å². The molecule has 2 aromatic rings. The van der Waals surface area contributed by atoms with Gasteiger partial charge in [-0.15, -0.1) is 0 Å². The van der Waals surface area contributed by atoms with Gasteiger partial charge in [0, 0.05) is 10.7 Å². The van der Waals surface area contributed by atoms with Crippen molar-refractivity contribution in [3.63, 3.8) is 0 Å². The predicted molar refractivity (Wildman–Crippen MR) is 97.7 cm³/mol. The average Bonchev–Trinajstić information content (AvgIpc) is 2.55. The van der Waals surface area contributed by atoms with E-state index in [1.54, 1.807) is 37.3 Å². The SMILES string of the molecule is CCOC(=O)c1ccccc1NC(=O)N/C=C/c1cccc(Br)c1. The smallest absolute Gasteiger partial charge is 0.340 e. The van der Waals surface area contributed by atoms with Crippen LogP contribution in [0.2, 0.25) is 0 Å². The molecule has 0 heterocycles. The van der Waals surface area contributed by atoms with E-state index >= 15 is 0 Å². The van der Waals surface area contributed by atoms with E-state index in [1.807, 2.05) is 24.3 Å². The largest absolute Gasteiger partial charge is 0.462 e. The molecule has 0 radical (unpaired) electrons. The van der Waals surface area contributed by atoms with Gasteiger partial charge in [-0.1, -0.05) is 40.2 Å². The number of hydrogen-bond donors (Lipinski definition) is 2. The fourth-order valence-electron chi connectivity index (χ4n) is 1.96. The molecule has 0 saturated carbocycles. The first-order chi connectivity index (χ1) is 11.6. The van der Waals surface area contributed by atoms with Crippen LogP contribution in [0.1, 0.15) is 22.8 Å². The van der Waals surface area contributed by atoms with E-state index in [1.165, 1.54) is 6.20 Å². The van der Waals surface area contributed by atoms with Crippen LogP contribution in [-0.2, 0) is 4.74 Å². The van der Waals surface area contributed by atoms with Crippen molar-refractivity contribution in [3.8, 4) is 0 Å². The summed E-state index contributed by atoms with van der Waals surface area (Å²) in [5.41, 5.74) is 1.64. The lowest BCUT2D eigenvalue weighted by Gasteiger charge is -2.09. The third kappa shape index (κ3) is 5.24. The summed E-state index contributed by atoms with van der Waals surface area (Å²) in [4.78, 5) is 23.8. The maximum Gasteiger partial charge on any atom is 0.340 e. The molecule has 0 spiro atoms. The molecule has 2 aromatic carbocycles. The Morgan fingerprint density at radius 3 is 2.71 bits per heavy atom. The van der Waals surface area contributed by atoms with Crippen molar-refractivity contribution in [2.24, 2.45) is 0 Å². The van der Waals surface area contributed by atoms with E-state index in [0.29, 0.717) is 11.3 Å². The predicted octanol–water partition coefficient (Wildman–Crippen LogP) is 4.42. The summed E-state index contributed by atoms with van der Waals surface area (Å²) in [6.45, 7) is 2.00. The highest BCUT2D eigenvalue weighted by Gasteiger charge is 2.13. The minimum absolute atomic E-state index is 0.273. The topological polar surface area (TPSA) is 67.4 Å². The summed E-state index contributed by atoms with van der Waals surface area (Å²) >= 11 is 3.38. The first-order valence-corrected chi connectivity index (χ1v) is 8.15. The van der Waals surface area contributed by atoms with Crippen LogP contribution in [0.4, 0.5) is 10.5 Å². The second kappa shape index (κ2) is 8.88. The summed E-state index contributed by atoms with van der Waals surface area (Å²) in [7, 11) is 0. The number of esters is 1. The lowest BCUT2D eigenvalue weighted by Crippen LogP contribution is -2.25. The molecule has 2 rings (SSSR count). The van der Waals surface area contributed by atoms with Crippen molar-refractivity contribution in [2.45, 2.75) is 6.92 Å². The van der Waals surface area contributed by atoms with Crippen LogP contribution in [0.5, 0.6) is 0 Å². The van der Waals surface area contributed by atoms with Gasteiger partial charge in [-0.2, -0.15) is 0 Å². The highest BCUT2D eigenvalue weighted by molar-refractivity contribution is 9.10. The lowest BCUT2D eigenvalue weighted by atomic mass is 10.2. The monoisotopic (exact) mass is 388 g/mol. The van der Waals surface area contributed by atoms with Crippen molar-refractivity contribution in [2.75, 3.05) is 11.9 Å². The van der Waals surface area contributed by atoms with Gasteiger partial charge in [-0.3, -0.25) is 0 Å². The van der Waals surface area contributed by atoms with Gasteiger partial charge in [-0.25, -0.2) is 9.59 Å². The van der Waals surface area contributed by atoms with Crippen LogP contribution in [-0.4, -0.2) is 18.6 Å². The van der Waals surface area contributed by atoms with Gasteiger partial charge >= 0.3 is 12.0 Å². The summed E-state index contributed by atoms with van der Waals surface area (Å²) in [5.74, 6) is -0.474. The van der Waals surface area contributed by atoms with E-state index in [9.17, 15) is 9.59 Å². The number of anilines is 1. The highest BCUT2D eigenvalue weighted by atomic mass is 79.9. The van der Waals surface area contributed by atoms with Gasteiger partial charge in [0.15, 0.2) is 0 Å². The minimum atomic E-state index is -0.474. The van der Waals surface area contributed by atoms with Crippen LogP contribution in [0.25, 0.3) is 6.08 Å². The molecule has 5 nitrogen and oxygen atoms in total. The Kier molecular flexibility index (Phi) is 6.57. The molecular weight excluding hydrogens is 372 g/mol. The summed E-state index contributed by atoms with van der Waals surface area (Å²) < 4.78 is 5.93. The second-order valence-electron chi connectivity index (χ2n) is 4.75. The number of halogens is 1. The molecule has 0 aliphatic rings. The Morgan fingerprint density at radius 2 is 1.96 bits per heavy atom. The summed E-state index contributed by atoms with van der Waals surface area (Å²) in [5, 5.41) is 5.24. The molecule has 0 unspecified atom stereocenters. The number of urea groups is 1. The number of para-hydroxylation sites is 1. The molecule has 2 amide bonds. The van der Waals surface area contributed by atoms with Gasteiger partial charge in [0.25, 0.3) is 0 Å². The Balaban J connectivity index is 1.99. The zero-order valence-corrected chi connectivity index (χ0v) is 14.7. The molecule has 0 bridgehead atoms. The Labute approximate surface area is 148 Å². The maximum absolute atomic E-state index is 12.0. The molecule has 0 atom stereocenters. The zero-order chi connectivity index (χ0) is 17.4. The Hall–Kier alpha value is -2.60. The summed E-state index contributed by atoms with van der Waals surface area (Å²) in [6, 6.07) is 13.9. The summed E-state index contributed by atoms with van der Waals surface area (Å²) in [6.07, 6.45) is 3.30. The Bertz CT molecular complexity index is 759. The van der Waals surface area contributed by atoms with Crippen molar-refractivity contribution in [3.05, 3.63) is 70.3 Å². The normalized spacial score (nSPS) is 10.4. The van der Waals surface area contributed by atoms with E-state index in [4.69, 9.17) is 4.74 Å². The number of amides is 2. The fourth-order valence-corrected chi connectivity index (χ4v) is 2.38. The van der Waals surface area contributed by atoms with E-state index < -0.39 is 12.0 Å². The molecule has 0 fully saturated rings. The molecular formula is C18H17BrN2O3. The number of ether oxygens (including phenoxy) is 1. The third-order valence-corrected chi connectivity index (χ3v) is 3.50. The maximum atomic E-state index is 12.0. The average molecular weight is 389 g/mol. The van der Waals surface area contributed by atoms with Crippen molar-refractivity contribution in [1.29, 1.82) is 0 Å². The molecule has 124 valence electrons. The Morgan fingerprint density at radius 1 is 1.17 bits per heavy atom. The quantitative estimate of drug-likeness (QED) is 0.744. The molecule has 24 heavy (non-hydrogen) atoms. The van der Waals surface area contributed by atoms with Crippen LogP contribution in [0, 0.1) is 0 Å². The molecule has 0 saturated heterocycles. The van der Waals surface area contributed by atoms with Gasteiger partial charge in [0.05, 0.1) is 17.9 Å². The number of rotatable bonds is 5. The number of benzene rings is 2. The third-order valence-electron chi connectivity index (χ3n) is 3.01. The van der Waals surface area contributed by atoms with E-state index in [0.717, 1.165) is 10.0 Å².